The first-order valence-electron chi connectivity index (χ1n) is 8.62. The average molecular weight is 370 g/mol. The second-order valence-electron chi connectivity index (χ2n) is 6.64. The zero-order valence-corrected chi connectivity index (χ0v) is 15.5. The molecule has 0 radical (unpaired) electrons. The molecule has 3 aromatic rings. The maximum atomic E-state index is 11.3. The summed E-state index contributed by atoms with van der Waals surface area (Å²) >= 11 is 6.44. The van der Waals surface area contributed by atoms with E-state index in [2.05, 4.69) is 15.2 Å². The maximum Gasteiger partial charge on any atom is 0.217 e. The number of fused-ring (bicyclic) bond motifs is 1. The van der Waals surface area contributed by atoms with Crippen molar-refractivity contribution in [2.45, 2.75) is 19.4 Å². The third-order valence-electron chi connectivity index (χ3n) is 4.79. The van der Waals surface area contributed by atoms with Crippen LogP contribution in [0.2, 0.25) is 5.02 Å². The number of imidazole rings is 1. The van der Waals surface area contributed by atoms with Crippen LogP contribution in [-0.4, -0.2) is 39.6 Å². The van der Waals surface area contributed by atoms with Crippen molar-refractivity contribution in [3.63, 3.8) is 0 Å². The van der Waals surface area contributed by atoms with Crippen molar-refractivity contribution in [2.75, 3.05) is 18.0 Å². The van der Waals surface area contributed by atoms with Crippen molar-refractivity contribution >= 4 is 34.4 Å². The van der Waals surface area contributed by atoms with E-state index < -0.39 is 0 Å². The molecule has 0 unspecified atom stereocenters. The number of hydrogen-bond acceptors (Lipinski definition) is 4. The largest absolute Gasteiger partial charge is 0.354 e. The van der Waals surface area contributed by atoms with Crippen LogP contribution in [-0.2, 0) is 11.8 Å². The summed E-state index contributed by atoms with van der Waals surface area (Å²) in [6.45, 7) is 3.14. The molecule has 0 aliphatic carbocycles. The van der Waals surface area contributed by atoms with Gasteiger partial charge in [0.1, 0.15) is 11.6 Å². The number of hydrogen-bond donors (Lipinski definition) is 1. The number of benzene rings is 1. The van der Waals surface area contributed by atoms with Gasteiger partial charge in [-0.1, -0.05) is 23.7 Å². The number of para-hydroxylation sites is 2. The van der Waals surface area contributed by atoms with Crippen LogP contribution in [0.5, 0.6) is 0 Å². The summed E-state index contributed by atoms with van der Waals surface area (Å²) in [7, 11) is 1.99. The molecule has 7 heteroatoms. The van der Waals surface area contributed by atoms with Crippen molar-refractivity contribution < 1.29 is 4.79 Å². The fourth-order valence-corrected chi connectivity index (χ4v) is 3.72. The van der Waals surface area contributed by atoms with E-state index in [9.17, 15) is 4.79 Å². The Kier molecular flexibility index (Phi) is 4.28. The number of pyridine rings is 1. The van der Waals surface area contributed by atoms with Gasteiger partial charge >= 0.3 is 0 Å². The molecule has 0 bridgehead atoms. The van der Waals surface area contributed by atoms with Crippen LogP contribution in [0, 0.1) is 0 Å². The molecule has 1 aliphatic rings. The van der Waals surface area contributed by atoms with Crippen molar-refractivity contribution in [1.29, 1.82) is 0 Å². The van der Waals surface area contributed by atoms with Gasteiger partial charge in [-0.25, -0.2) is 9.97 Å². The SMILES string of the molecule is CC(=O)N[C@H]1CCN(c2cc(-c3nc4ccccc4n3C)c(Cl)cn2)C1. The molecule has 0 saturated carbocycles. The summed E-state index contributed by atoms with van der Waals surface area (Å²) in [5, 5.41) is 3.55. The number of amides is 1. The second kappa shape index (κ2) is 6.61. The summed E-state index contributed by atoms with van der Waals surface area (Å²) in [5.74, 6) is 1.67. The predicted molar refractivity (Wildman–Crippen MR) is 103 cm³/mol. The van der Waals surface area contributed by atoms with Crippen molar-refractivity contribution in [3.05, 3.63) is 41.6 Å². The van der Waals surface area contributed by atoms with E-state index in [-0.39, 0.29) is 11.9 Å². The molecule has 1 fully saturated rings. The van der Waals surface area contributed by atoms with Crippen LogP contribution in [0.15, 0.2) is 36.5 Å². The van der Waals surface area contributed by atoms with Gasteiger partial charge in [0, 0.05) is 44.9 Å². The maximum absolute atomic E-state index is 11.3. The Bertz CT molecular complexity index is 983. The summed E-state index contributed by atoms with van der Waals surface area (Å²) < 4.78 is 2.05. The number of nitrogens with zero attached hydrogens (tertiary/aromatic N) is 4. The lowest BCUT2D eigenvalue weighted by Crippen LogP contribution is -2.35. The Labute approximate surface area is 156 Å². The smallest absolute Gasteiger partial charge is 0.217 e. The molecule has 1 amide bonds. The highest BCUT2D eigenvalue weighted by Gasteiger charge is 2.25. The topological polar surface area (TPSA) is 63.1 Å². The Morgan fingerprint density at radius 1 is 1.35 bits per heavy atom. The number of aryl methyl sites for hydroxylation is 1. The van der Waals surface area contributed by atoms with Crippen LogP contribution < -0.4 is 10.2 Å². The molecule has 1 atom stereocenters. The summed E-state index contributed by atoms with van der Waals surface area (Å²) in [6.07, 6.45) is 2.59. The molecule has 0 spiro atoms. The quantitative estimate of drug-likeness (QED) is 0.770. The first-order chi connectivity index (χ1) is 12.5. The van der Waals surface area contributed by atoms with Gasteiger partial charge in [0.25, 0.3) is 0 Å². The molecule has 4 rings (SSSR count). The summed E-state index contributed by atoms with van der Waals surface area (Å²) in [4.78, 5) is 22.7. The number of nitrogens with one attached hydrogen (secondary N) is 1. The highest BCUT2D eigenvalue weighted by Crippen LogP contribution is 2.32. The zero-order valence-electron chi connectivity index (χ0n) is 14.7. The highest BCUT2D eigenvalue weighted by molar-refractivity contribution is 6.33. The van der Waals surface area contributed by atoms with Crippen molar-refractivity contribution in [3.8, 4) is 11.4 Å². The standard InChI is InChI=1S/C19H20ClN5O/c1-12(26)22-13-7-8-25(11-13)18-9-14(15(20)10-21-18)19-23-16-5-3-4-6-17(16)24(19)2/h3-6,9-10,13H,7-8,11H2,1-2H3,(H,22,26)/t13-/m0/s1. The van der Waals surface area contributed by atoms with Crippen molar-refractivity contribution in [2.24, 2.45) is 7.05 Å². The molecule has 26 heavy (non-hydrogen) atoms. The number of rotatable bonds is 3. The van der Waals surface area contributed by atoms with Crippen molar-refractivity contribution in [1.82, 2.24) is 19.9 Å². The number of halogens is 1. The molecule has 2 aromatic heterocycles. The van der Waals surface area contributed by atoms with Gasteiger partial charge < -0.3 is 14.8 Å². The zero-order chi connectivity index (χ0) is 18.3. The fourth-order valence-electron chi connectivity index (χ4n) is 3.53. The highest BCUT2D eigenvalue weighted by atomic mass is 35.5. The van der Waals surface area contributed by atoms with Gasteiger partial charge in [0.05, 0.1) is 16.1 Å². The predicted octanol–water partition coefficient (Wildman–Crippen LogP) is 3.00. The molecule has 6 nitrogen and oxygen atoms in total. The van der Waals surface area contributed by atoms with E-state index in [0.717, 1.165) is 47.7 Å². The number of anilines is 1. The molecule has 1 N–H and O–H groups in total. The number of carbonyl (C=O) groups is 1. The van der Waals surface area contributed by atoms with Crippen LogP contribution in [0.4, 0.5) is 5.82 Å². The van der Waals surface area contributed by atoms with Crippen LogP contribution in [0.1, 0.15) is 13.3 Å². The van der Waals surface area contributed by atoms with Gasteiger partial charge in [-0.3, -0.25) is 4.79 Å². The Morgan fingerprint density at radius 2 is 2.15 bits per heavy atom. The van der Waals surface area contributed by atoms with Gasteiger partial charge in [-0.2, -0.15) is 0 Å². The van der Waals surface area contributed by atoms with E-state index in [1.807, 2.05) is 41.9 Å². The molecule has 134 valence electrons. The molecule has 1 saturated heterocycles. The van der Waals surface area contributed by atoms with E-state index >= 15 is 0 Å². The summed E-state index contributed by atoms with van der Waals surface area (Å²) in [5.41, 5.74) is 2.86. The molecule has 1 aliphatic heterocycles. The minimum atomic E-state index is 0.00121. The van der Waals surface area contributed by atoms with Crippen LogP contribution in [0.25, 0.3) is 22.4 Å². The van der Waals surface area contributed by atoms with E-state index in [1.165, 1.54) is 0 Å². The molecule has 1 aromatic carbocycles. The molecular weight excluding hydrogens is 350 g/mol. The monoisotopic (exact) mass is 369 g/mol. The van der Waals surface area contributed by atoms with Gasteiger partial charge in [-0.05, 0) is 24.6 Å². The minimum absolute atomic E-state index is 0.00121. The number of carbonyl (C=O) groups excluding carboxylic acids is 1. The van der Waals surface area contributed by atoms with Gasteiger partial charge in [0.15, 0.2) is 0 Å². The third-order valence-corrected chi connectivity index (χ3v) is 5.09. The third kappa shape index (κ3) is 3.01. The molecular formula is C19H20ClN5O. The van der Waals surface area contributed by atoms with Crippen LogP contribution >= 0.6 is 11.6 Å². The number of aromatic nitrogens is 3. The van der Waals surface area contributed by atoms with Gasteiger partial charge in [-0.15, -0.1) is 0 Å². The lowest BCUT2D eigenvalue weighted by atomic mass is 10.2. The Morgan fingerprint density at radius 3 is 2.92 bits per heavy atom. The lowest BCUT2D eigenvalue weighted by molar-refractivity contribution is -0.119. The lowest BCUT2D eigenvalue weighted by Gasteiger charge is -2.19. The fraction of sp³-hybridized carbons (Fsp3) is 0.316. The van der Waals surface area contributed by atoms with Gasteiger partial charge in [0.2, 0.25) is 5.91 Å². The van der Waals surface area contributed by atoms with E-state index in [4.69, 9.17) is 16.6 Å². The Balaban J connectivity index is 1.69. The first kappa shape index (κ1) is 16.8. The Hall–Kier alpha value is -2.60. The summed E-state index contributed by atoms with van der Waals surface area (Å²) in [6, 6.07) is 10.2. The normalized spacial score (nSPS) is 17.0. The molecule has 3 heterocycles. The van der Waals surface area contributed by atoms with E-state index in [0.29, 0.717) is 5.02 Å². The first-order valence-corrected chi connectivity index (χ1v) is 9.00. The average Bonchev–Trinajstić information content (AvgIpc) is 3.20. The second-order valence-corrected chi connectivity index (χ2v) is 7.04. The van der Waals surface area contributed by atoms with E-state index in [1.54, 1.807) is 13.1 Å². The van der Waals surface area contributed by atoms with Crippen LogP contribution in [0.3, 0.4) is 0 Å². The minimum Gasteiger partial charge on any atom is -0.354 e.